The van der Waals surface area contributed by atoms with Crippen LogP contribution in [0.4, 0.5) is 0 Å². The van der Waals surface area contributed by atoms with Gasteiger partial charge in [-0.15, -0.1) is 16.8 Å². The van der Waals surface area contributed by atoms with Crippen molar-refractivity contribution in [1.82, 2.24) is 19.2 Å². The van der Waals surface area contributed by atoms with Gasteiger partial charge in [0.05, 0.1) is 16.6 Å². The lowest BCUT2D eigenvalue weighted by atomic mass is 10.1. The summed E-state index contributed by atoms with van der Waals surface area (Å²) >= 11 is 1.54. The average Bonchev–Trinajstić information content (AvgIpc) is 3.07. The van der Waals surface area contributed by atoms with E-state index in [1.807, 2.05) is 66.8 Å². The van der Waals surface area contributed by atoms with Crippen molar-refractivity contribution in [3.05, 3.63) is 76.6 Å². The molecule has 130 valence electrons. The zero-order valence-corrected chi connectivity index (χ0v) is 15.5. The van der Waals surface area contributed by atoms with E-state index in [-0.39, 0.29) is 5.56 Å². The standard InChI is InChI=1S/C20H18N4OS/c1-4-12-26-20-22-21-19-23(16-11-7-8-13(2)14(16)3)18(25)15-9-5-6-10-17(15)24(19)20/h4-11H,1,12H2,2-3H3. The molecule has 5 nitrogen and oxygen atoms in total. The molecule has 0 aliphatic rings. The Morgan fingerprint density at radius 3 is 2.73 bits per heavy atom. The first-order chi connectivity index (χ1) is 12.6. The average molecular weight is 362 g/mol. The fourth-order valence-corrected chi connectivity index (χ4v) is 3.78. The van der Waals surface area contributed by atoms with Gasteiger partial charge in [0.2, 0.25) is 5.78 Å². The third kappa shape index (κ3) is 2.45. The first kappa shape index (κ1) is 16.6. The SMILES string of the molecule is C=CCSc1nnc2n(-c3cccc(C)c3C)c(=O)c3ccccc3n12. The smallest absolute Gasteiger partial charge is 0.267 e. The van der Waals surface area contributed by atoms with Gasteiger partial charge >= 0.3 is 0 Å². The normalized spacial score (nSPS) is 11.3. The van der Waals surface area contributed by atoms with Crippen LogP contribution >= 0.6 is 11.8 Å². The molecule has 0 spiro atoms. The minimum atomic E-state index is -0.0885. The van der Waals surface area contributed by atoms with Crippen LogP contribution in [0.5, 0.6) is 0 Å². The van der Waals surface area contributed by atoms with E-state index in [9.17, 15) is 4.79 Å². The number of aryl methyl sites for hydroxylation is 1. The number of rotatable bonds is 4. The summed E-state index contributed by atoms with van der Waals surface area (Å²) in [6.45, 7) is 7.83. The quantitative estimate of drug-likeness (QED) is 0.408. The molecule has 0 bridgehead atoms. The van der Waals surface area contributed by atoms with Crippen molar-refractivity contribution >= 4 is 28.4 Å². The molecule has 4 rings (SSSR count). The lowest BCUT2D eigenvalue weighted by Crippen LogP contribution is -2.22. The summed E-state index contributed by atoms with van der Waals surface area (Å²) in [6.07, 6.45) is 1.83. The highest BCUT2D eigenvalue weighted by Gasteiger charge is 2.18. The summed E-state index contributed by atoms with van der Waals surface area (Å²) in [4.78, 5) is 13.3. The van der Waals surface area contributed by atoms with Gasteiger partial charge in [0.25, 0.3) is 5.56 Å². The van der Waals surface area contributed by atoms with Crippen LogP contribution in [0.25, 0.3) is 22.4 Å². The summed E-state index contributed by atoms with van der Waals surface area (Å²) in [7, 11) is 0. The topological polar surface area (TPSA) is 52.2 Å². The molecule has 0 aliphatic heterocycles. The van der Waals surface area contributed by atoms with E-state index < -0.39 is 0 Å². The van der Waals surface area contributed by atoms with Gasteiger partial charge in [0, 0.05) is 5.75 Å². The fourth-order valence-electron chi connectivity index (χ4n) is 3.10. The molecule has 0 radical (unpaired) electrons. The van der Waals surface area contributed by atoms with Crippen LogP contribution < -0.4 is 5.56 Å². The lowest BCUT2D eigenvalue weighted by Gasteiger charge is -2.14. The molecule has 0 unspecified atom stereocenters. The van der Waals surface area contributed by atoms with Crippen LogP contribution in [-0.4, -0.2) is 24.9 Å². The van der Waals surface area contributed by atoms with Crippen molar-refractivity contribution in [1.29, 1.82) is 0 Å². The molecular formula is C20H18N4OS. The second-order valence-corrected chi connectivity index (χ2v) is 7.08. The summed E-state index contributed by atoms with van der Waals surface area (Å²) < 4.78 is 3.61. The van der Waals surface area contributed by atoms with Crippen molar-refractivity contribution in [3.63, 3.8) is 0 Å². The monoisotopic (exact) mass is 362 g/mol. The minimum absolute atomic E-state index is 0.0885. The number of aromatic nitrogens is 4. The Bertz CT molecular complexity index is 1210. The van der Waals surface area contributed by atoms with E-state index in [1.54, 1.807) is 16.3 Å². The number of hydrogen-bond acceptors (Lipinski definition) is 4. The highest BCUT2D eigenvalue weighted by atomic mass is 32.2. The Balaban J connectivity index is 2.17. The zero-order valence-electron chi connectivity index (χ0n) is 14.6. The van der Waals surface area contributed by atoms with Gasteiger partial charge < -0.3 is 0 Å². The molecule has 26 heavy (non-hydrogen) atoms. The van der Waals surface area contributed by atoms with Crippen molar-refractivity contribution < 1.29 is 0 Å². The van der Waals surface area contributed by atoms with Crippen LogP contribution in [0.1, 0.15) is 11.1 Å². The number of thioether (sulfide) groups is 1. The highest BCUT2D eigenvalue weighted by molar-refractivity contribution is 7.99. The predicted octanol–water partition coefficient (Wildman–Crippen LogP) is 3.93. The van der Waals surface area contributed by atoms with Crippen molar-refractivity contribution in [2.24, 2.45) is 0 Å². The van der Waals surface area contributed by atoms with Gasteiger partial charge in [0.15, 0.2) is 5.16 Å². The van der Waals surface area contributed by atoms with Crippen molar-refractivity contribution in [2.75, 3.05) is 5.75 Å². The Morgan fingerprint density at radius 2 is 1.92 bits per heavy atom. The van der Waals surface area contributed by atoms with Gasteiger partial charge in [-0.2, -0.15) is 0 Å². The van der Waals surface area contributed by atoms with Gasteiger partial charge in [-0.3, -0.25) is 9.20 Å². The van der Waals surface area contributed by atoms with E-state index in [0.29, 0.717) is 11.2 Å². The maximum absolute atomic E-state index is 13.3. The molecule has 4 aromatic rings. The molecule has 0 saturated heterocycles. The van der Waals surface area contributed by atoms with Gasteiger partial charge in [-0.05, 0) is 43.2 Å². The summed E-state index contributed by atoms with van der Waals surface area (Å²) in [6, 6.07) is 13.5. The summed E-state index contributed by atoms with van der Waals surface area (Å²) in [5, 5.41) is 10.1. The van der Waals surface area contributed by atoms with Crippen molar-refractivity contribution in [2.45, 2.75) is 19.0 Å². The van der Waals surface area contributed by atoms with E-state index >= 15 is 0 Å². The number of para-hydroxylation sites is 1. The molecule has 2 aromatic carbocycles. The maximum atomic E-state index is 13.3. The number of fused-ring (bicyclic) bond motifs is 3. The molecule has 0 amide bonds. The highest BCUT2D eigenvalue weighted by Crippen LogP contribution is 2.24. The number of benzene rings is 2. The Morgan fingerprint density at radius 1 is 1.12 bits per heavy atom. The molecule has 0 fully saturated rings. The molecule has 0 saturated carbocycles. The minimum Gasteiger partial charge on any atom is -0.268 e. The molecule has 0 atom stereocenters. The Labute approximate surface area is 155 Å². The first-order valence-electron chi connectivity index (χ1n) is 8.32. The van der Waals surface area contributed by atoms with Crippen LogP contribution in [-0.2, 0) is 0 Å². The molecule has 0 N–H and O–H groups in total. The second kappa shape index (κ2) is 6.46. The predicted molar refractivity (Wildman–Crippen MR) is 106 cm³/mol. The van der Waals surface area contributed by atoms with Gasteiger partial charge in [0.1, 0.15) is 0 Å². The first-order valence-corrected chi connectivity index (χ1v) is 9.31. The third-order valence-electron chi connectivity index (χ3n) is 4.54. The third-order valence-corrected chi connectivity index (χ3v) is 5.47. The zero-order chi connectivity index (χ0) is 18.3. The largest absolute Gasteiger partial charge is 0.268 e. The van der Waals surface area contributed by atoms with Crippen LogP contribution in [0.15, 0.2) is 65.1 Å². The molecule has 2 aromatic heterocycles. The molecule has 2 heterocycles. The lowest BCUT2D eigenvalue weighted by molar-refractivity contribution is 0.929. The van der Waals surface area contributed by atoms with Gasteiger partial charge in [-0.25, -0.2) is 4.57 Å². The second-order valence-electron chi connectivity index (χ2n) is 6.09. The molecule has 0 aliphatic carbocycles. The van der Waals surface area contributed by atoms with Crippen LogP contribution in [0.3, 0.4) is 0 Å². The molecular weight excluding hydrogens is 344 g/mol. The van der Waals surface area contributed by atoms with E-state index in [1.165, 1.54) is 0 Å². The summed E-state index contributed by atoms with van der Waals surface area (Å²) in [5.41, 5.74) is 3.73. The maximum Gasteiger partial charge on any atom is 0.267 e. The van der Waals surface area contributed by atoms with E-state index in [2.05, 4.69) is 16.8 Å². The number of nitrogens with zero attached hydrogens (tertiary/aromatic N) is 4. The van der Waals surface area contributed by atoms with Gasteiger partial charge in [-0.1, -0.05) is 42.1 Å². The van der Waals surface area contributed by atoms with E-state index in [4.69, 9.17) is 0 Å². The fraction of sp³-hybridized carbons (Fsp3) is 0.150. The van der Waals surface area contributed by atoms with E-state index in [0.717, 1.165) is 33.2 Å². The molecule has 6 heteroatoms. The Kier molecular flexibility index (Phi) is 4.12. The van der Waals surface area contributed by atoms with Crippen molar-refractivity contribution in [3.8, 4) is 5.69 Å². The Hall–Kier alpha value is -2.86. The summed E-state index contributed by atoms with van der Waals surface area (Å²) in [5.74, 6) is 1.24. The van der Waals surface area contributed by atoms with Crippen LogP contribution in [0.2, 0.25) is 0 Å². The number of hydrogen-bond donors (Lipinski definition) is 0. The van der Waals surface area contributed by atoms with Crippen LogP contribution in [0, 0.1) is 13.8 Å².